The molecule has 2 aromatic carbocycles. The third kappa shape index (κ3) is 7.76. The Morgan fingerprint density at radius 3 is 1.92 bits per heavy atom. The number of morpholine rings is 1. The highest BCUT2D eigenvalue weighted by molar-refractivity contribution is 6.07. The molecule has 0 bridgehead atoms. The number of ketones is 2. The number of nitrogens with two attached hydrogens (primary N) is 1. The SMILES string of the molecule is CC(C)C(C(=O)C(F)(F)C(F)(F)C(F)(F)F)N1C(C(=O)NC(=O)c2ccc(C(=O)N3CCOCC3)cc2)Cc2ccccc2C1C(=O)[C@@H](N)C(C)C. The van der Waals surface area contributed by atoms with Crippen molar-refractivity contribution in [3.8, 4) is 0 Å². The summed E-state index contributed by atoms with van der Waals surface area (Å²) in [5.41, 5.74) is 6.58. The van der Waals surface area contributed by atoms with Crippen LogP contribution in [0.3, 0.4) is 0 Å². The third-order valence-electron chi connectivity index (χ3n) is 9.25. The molecule has 284 valence electrons. The number of nitrogens with zero attached hydrogens (tertiary/aromatic N) is 2. The summed E-state index contributed by atoms with van der Waals surface area (Å²) in [6.45, 7) is 6.62. The van der Waals surface area contributed by atoms with E-state index in [1.807, 2.05) is 0 Å². The molecule has 2 aliphatic heterocycles. The number of carbonyl (C=O) groups excluding carboxylic acids is 5. The van der Waals surface area contributed by atoms with Crippen molar-refractivity contribution in [1.82, 2.24) is 15.1 Å². The number of hydrogen-bond acceptors (Lipinski definition) is 8. The van der Waals surface area contributed by atoms with E-state index in [-0.39, 0.29) is 28.2 Å². The molecule has 1 saturated heterocycles. The molecule has 2 aliphatic rings. The van der Waals surface area contributed by atoms with Crippen molar-refractivity contribution < 1.29 is 59.4 Å². The number of rotatable bonds is 11. The van der Waals surface area contributed by atoms with Crippen LogP contribution in [0.5, 0.6) is 0 Å². The molecule has 2 aromatic rings. The Hall–Kier alpha value is -4.22. The number of fused-ring (bicyclic) bond motifs is 1. The molecule has 3 unspecified atom stereocenters. The van der Waals surface area contributed by atoms with E-state index >= 15 is 8.78 Å². The Morgan fingerprint density at radius 2 is 1.38 bits per heavy atom. The predicted molar refractivity (Wildman–Crippen MR) is 172 cm³/mol. The Kier molecular flexibility index (Phi) is 12.0. The number of carbonyl (C=O) groups is 5. The lowest BCUT2D eigenvalue weighted by Crippen LogP contribution is -2.67. The van der Waals surface area contributed by atoms with Crippen molar-refractivity contribution in [2.45, 2.75) is 76.3 Å². The Balaban J connectivity index is 1.78. The van der Waals surface area contributed by atoms with Gasteiger partial charge in [0, 0.05) is 24.2 Å². The van der Waals surface area contributed by atoms with Crippen molar-refractivity contribution in [3.05, 3.63) is 70.8 Å². The normalized spacial score (nSPS) is 19.9. The van der Waals surface area contributed by atoms with Gasteiger partial charge < -0.3 is 15.4 Å². The second kappa shape index (κ2) is 15.4. The smallest absolute Gasteiger partial charge is 0.378 e. The van der Waals surface area contributed by atoms with Crippen LogP contribution >= 0.6 is 0 Å². The first-order valence-electron chi connectivity index (χ1n) is 16.5. The quantitative estimate of drug-likeness (QED) is 0.256. The summed E-state index contributed by atoms with van der Waals surface area (Å²) < 4.78 is 104. The zero-order chi connectivity index (χ0) is 38.9. The van der Waals surface area contributed by atoms with E-state index in [0.717, 1.165) is 13.8 Å². The number of ether oxygens (including phenoxy) is 1. The molecule has 0 aliphatic carbocycles. The lowest BCUT2D eigenvalue weighted by Gasteiger charge is -2.48. The largest absolute Gasteiger partial charge is 0.460 e. The molecule has 0 radical (unpaired) electrons. The van der Waals surface area contributed by atoms with Gasteiger partial charge in [-0.3, -0.25) is 34.2 Å². The van der Waals surface area contributed by atoms with Crippen LogP contribution < -0.4 is 11.1 Å². The molecular formula is C35H39F7N4O6. The first kappa shape index (κ1) is 40.5. The minimum Gasteiger partial charge on any atom is -0.378 e. The fourth-order valence-electron chi connectivity index (χ4n) is 6.32. The van der Waals surface area contributed by atoms with E-state index in [0.29, 0.717) is 31.2 Å². The number of benzene rings is 2. The minimum absolute atomic E-state index is 0.0591. The summed E-state index contributed by atoms with van der Waals surface area (Å²) in [6.07, 6.45) is -7.32. The molecule has 4 rings (SSSR count). The molecule has 3 amide bonds. The second-order valence-corrected chi connectivity index (χ2v) is 13.4. The van der Waals surface area contributed by atoms with Crippen LogP contribution in [0.25, 0.3) is 0 Å². The zero-order valence-electron chi connectivity index (χ0n) is 28.7. The summed E-state index contributed by atoms with van der Waals surface area (Å²) in [7, 11) is 0. The molecule has 0 aromatic heterocycles. The second-order valence-electron chi connectivity index (χ2n) is 13.4. The topological polar surface area (TPSA) is 139 Å². The van der Waals surface area contributed by atoms with Gasteiger partial charge in [-0.25, -0.2) is 0 Å². The molecule has 0 spiro atoms. The fraction of sp³-hybridized carbons (Fsp3) is 0.514. The molecule has 52 heavy (non-hydrogen) atoms. The van der Waals surface area contributed by atoms with Gasteiger partial charge in [-0.05, 0) is 53.6 Å². The highest BCUT2D eigenvalue weighted by Gasteiger charge is 2.77. The van der Waals surface area contributed by atoms with E-state index in [4.69, 9.17) is 10.5 Å². The highest BCUT2D eigenvalue weighted by atomic mass is 19.4. The van der Waals surface area contributed by atoms with Crippen LogP contribution in [-0.2, 0) is 25.5 Å². The van der Waals surface area contributed by atoms with Crippen molar-refractivity contribution in [2.75, 3.05) is 26.3 Å². The maximum absolute atomic E-state index is 15.2. The lowest BCUT2D eigenvalue weighted by molar-refractivity contribution is -0.344. The molecule has 10 nitrogen and oxygen atoms in total. The Bertz CT molecular complexity index is 1680. The molecule has 3 N–H and O–H groups in total. The summed E-state index contributed by atoms with van der Waals surface area (Å²) in [5.74, 6) is -21.8. The maximum Gasteiger partial charge on any atom is 0.460 e. The lowest BCUT2D eigenvalue weighted by atomic mass is 9.79. The number of imide groups is 1. The average molecular weight is 745 g/mol. The van der Waals surface area contributed by atoms with Crippen LogP contribution in [0.1, 0.15) is 65.6 Å². The average Bonchev–Trinajstić information content (AvgIpc) is 3.09. The fourth-order valence-corrected chi connectivity index (χ4v) is 6.32. The predicted octanol–water partition coefficient (Wildman–Crippen LogP) is 4.36. The summed E-state index contributed by atoms with van der Waals surface area (Å²) >= 11 is 0. The van der Waals surface area contributed by atoms with Crippen molar-refractivity contribution in [3.63, 3.8) is 0 Å². The monoisotopic (exact) mass is 744 g/mol. The van der Waals surface area contributed by atoms with Gasteiger partial charge in [0.2, 0.25) is 11.7 Å². The van der Waals surface area contributed by atoms with Gasteiger partial charge in [0.25, 0.3) is 11.8 Å². The van der Waals surface area contributed by atoms with E-state index < -0.39 is 83.8 Å². The van der Waals surface area contributed by atoms with Crippen LogP contribution in [-0.4, -0.2) is 102 Å². The van der Waals surface area contributed by atoms with Crippen molar-refractivity contribution in [2.24, 2.45) is 17.6 Å². The van der Waals surface area contributed by atoms with E-state index in [2.05, 4.69) is 5.32 Å². The van der Waals surface area contributed by atoms with Gasteiger partial charge in [0.05, 0.1) is 37.4 Å². The summed E-state index contributed by atoms with van der Waals surface area (Å²) in [5, 5.41) is 2.08. The van der Waals surface area contributed by atoms with Crippen LogP contribution in [0, 0.1) is 11.8 Å². The Morgan fingerprint density at radius 1 is 0.827 bits per heavy atom. The molecule has 4 atom stereocenters. The van der Waals surface area contributed by atoms with E-state index in [1.54, 1.807) is 4.90 Å². The molecule has 17 heteroatoms. The molecule has 0 saturated carbocycles. The molecule has 2 heterocycles. The number of nitrogens with one attached hydrogen (secondary N) is 1. The summed E-state index contributed by atoms with van der Waals surface area (Å²) in [4.78, 5) is 69.8. The van der Waals surface area contributed by atoms with Gasteiger partial charge in [-0.15, -0.1) is 0 Å². The summed E-state index contributed by atoms with van der Waals surface area (Å²) in [6, 6.07) is 3.19. The zero-order valence-corrected chi connectivity index (χ0v) is 28.7. The maximum atomic E-state index is 15.2. The van der Waals surface area contributed by atoms with Gasteiger partial charge in [0.15, 0.2) is 5.78 Å². The van der Waals surface area contributed by atoms with E-state index in [9.17, 15) is 45.9 Å². The first-order chi connectivity index (χ1) is 24.1. The molecular weight excluding hydrogens is 705 g/mol. The number of alkyl halides is 7. The number of Topliss-reactive ketones (excluding diaryl/α,β-unsaturated/α-hetero) is 2. The highest BCUT2D eigenvalue weighted by Crippen LogP contribution is 2.49. The molecule has 1 fully saturated rings. The first-order valence-corrected chi connectivity index (χ1v) is 16.5. The van der Waals surface area contributed by atoms with Gasteiger partial charge in [0.1, 0.15) is 0 Å². The number of hydrogen-bond donors (Lipinski definition) is 2. The van der Waals surface area contributed by atoms with Gasteiger partial charge >= 0.3 is 18.0 Å². The minimum atomic E-state index is -6.84. The standard InChI is InChI=1S/C35H39F7N4O6/c1-18(2)25(43)28(47)27-23-8-6-5-7-22(23)17-24(46(27)26(19(3)4)29(48)33(36,37)34(38,39)35(40,41)42)31(50)44-30(49)20-9-11-21(12-10-20)32(51)45-13-15-52-16-14-45/h5-12,18-19,24-27H,13-17,43H2,1-4H3,(H,44,49,50)/t24?,25-,26?,27?/m0/s1. The van der Waals surface area contributed by atoms with E-state index in [1.165, 1.54) is 62.4 Å². The third-order valence-corrected chi connectivity index (χ3v) is 9.25. The number of amides is 3. The van der Waals surface area contributed by atoms with Gasteiger partial charge in [-0.2, -0.15) is 30.7 Å². The Labute approximate surface area is 294 Å². The van der Waals surface area contributed by atoms with Crippen molar-refractivity contribution >= 4 is 29.3 Å². The van der Waals surface area contributed by atoms with Crippen molar-refractivity contribution in [1.29, 1.82) is 0 Å². The van der Waals surface area contributed by atoms with Crippen LogP contribution in [0.4, 0.5) is 30.7 Å². The number of halogens is 7. The van der Waals surface area contributed by atoms with Crippen LogP contribution in [0.15, 0.2) is 48.5 Å². The van der Waals surface area contributed by atoms with Gasteiger partial charge in [-0.1, -0.05) is 52.0 Å². The van der Waals surface area contributed by atoms with Crippen LogP contribution in [0.2, 0.25) is 0 Å².